The Labute approximate surface area is 149 Å². The first-order valence-corrected chi connectivity index (χ1v) is 7.68. The summed E-state index contributed by atoms with van der Waals surface area (Å²) in [5.74, 6) is 0.692. The second-order valence-corrected chi connectivity index (χ2v) is 5.90. The molecular formula is C19H26N6. The molecule has 0 aliphatic carbocycles. The summed E-state index contributed by atoms with van der Waals surface area (Å²) in [6, 6.07) is 0. The smallest absolute Gasteiger partial charge is 0.136 e. The number of rotatable bonds is 7. The van der Waals surface area contributed by atoms with Gasteiger partial charge in [-0.2, -0.15) is 0 Å². The molecule has 1 aromatic heterocycles. The standard InChI is InChI=1S/C19H26N6/c1-11(15(5)22)8-17(23)16(9-20)14(4)19-24-18(10-25(19)6)12(2)7-13(3)21/h7-10,20-21H,1,5,22-23H2,2-4,6H3/b12-7+,16-14+,17-8+,20-9?,21-13?. The zero-order valence-electron chi connectivity index (χ0n) is 15.3. The molecule has 6 nitrogen and oxygen atoms in total. The van der Waals surface area contributed by atoms with Crippen molar-refractivity contribution in [3.05, 3.63) is 65.6 Å². The number of aryl methyl sites for hydroxylation is 1. The molecule has 25 heavy (non-hydrogen) atoms. The fourth-order valence-electron chi connectivity index (χ4n) is 2.29. The summed E-state index contributed by atoms with van der Waals surface area (Å²) in [6.07, 6.45) is 6.43. The molecule has 132 valence electrons. The van der Waals surface area contributed by atoms with E-state index in [1.165, 1.54) is 6.21 Å². The van der Waals surface area contributed by atoms with E-state index in [9.17, 15) is 0 Å². The predicted molar refractivity (Wildman–Crippen MR) is 106 cm³/mol. The van der Waals surface area contributed by atoms with Gasteiger partial charge in [0.15, 0.2) is 0 Å². The lowest BCUT2D eigenvalue weighted by Gasteiger charge is -2.09. The Kier molecular flexibility index (Phi) is 6.45. The van der Waals surface area contributed by atoms with Gasteiger partial charge in [-0.1, -0.05) is 13.2 Å². The van der Waals surface area contributed by atoms with Crippen molar-refractivity contribution >= 4 is 23.1 Å². The average molecular weight is 338 g/mol. The lowest BCUT2D eigenvalue weighted by molar-refractivity contribution is 0.888. The van der Waals surface area contributed by atoms with Crippen molar-refractivity contribution in [2.75, 3.05) is 0 Å². The Bertz CT molecular complexity index is 830. The fraction of sp³-hybridized carbons (Fsp3) is 0.211. The van der Waals surface area contributed by atoms with E-state index in [4.69, 9.17) is 22.3 Å². The summed E-state index contributed by atoms with van der Waals surface area (Å²) in [5.41, 5.74) is 16.3. The first-order valence-electron chi connectivity index (χ1n) is 7.68. The van der Waals surface area contributed by atoms with E-state index in [-0.39, 0.29) is 0 Å². The molecule has 6 N–H and O–H groups in total. The molecule has 0 fully saturated rings. The largest absolute Gasteiger partial charge is 0.399 e. The summed E-state index contributed by atoms with van der Waals surface area (Å²) < 4.78 is 1.87. The van der Waals surface area contributed by atoms with E-state index < -0.39 is 0 Å². The van der Waals surface area contributed by atoms with Gasteiger partial charge in [0, 0.05) is 47.7 Å². The topological polar surface area (TPSA) is 118 Å². The van der Waals surface area contributed by atoms with E-state index in [1.54, 1.807) is 19.1 Å². The van der Waals surface area contributed by atoms with Gasteiger partial charge in [-0.05, 0) is 44.1 Å². The lowest BCUT2D eigenvalue weighted by Crippen LogP contribution is -2.08. The highest BCUT2D eigenvalue weighted by Gasteiger charge is 2.13. The molecule has 0 unspecified atom stereocenters. The van der Waals surface area contributed by atoms with Crippen LogP contribution in [0.5, 0.6) is 0 Å². The molecule has 0 radical (unpaired) electrons. The zero-order chi connectivity index (χ0) is 19.3. The Morgan fingerprint density at radius 3 is 2.28 bits per heavy atom. The third-order valence-electron chi connectivity index (χ3n) is 3.65. The van der Waals surface area contributed by atoms with E-state index >= 15 is 0 Å². The number of nitrogens with two attached hydrogens (primary N) is 2. The van der Waals surface area contributed by atoms with Crippen LogP contribution in [0.15, 0.2) is 54.0 Å². The third-order valence-corrected chi connectivity index (χ3v) is 3.65. The Morgan fingerprint density at radius 1 is 1.20 bits per heavy atom. The molecule has 6 heteroatoms. The highest BCUT2D eigenvalue weighted by molar-refractivity contribution is 5.96. The minimum atomic E-state index is 0.326. The molecule has 0 aromatic carbocycles. The minimum absolute atomic E-state index is 0.326. The third kappa shape index (κ3) is 4.91. The average Bonchev–Trinajstić information content (AvgIpc) is 2.89. The molecule has 0 saturated carbocycles. The van der Waals surface area contributed by atoms with Crippen molar-refractivity contribution in [1.82, 2.24) is 9.55 Å². The van der Waals surface area contributed by atoms with E-state index in [2.05, 4.69) is 18.1 Å². The number of aromatic nitrogens is 2. The number of nitrogens with one attached hydrogen (secondary N) is 2. The van der Waals surface area contributed by atoms with Crippen molar-refractivity contribution in [1.29, 1.82) is 10.8 Å². The maximum absolute atomic E-state index is 7.71. The fourth-order valence-corrected chi connectivity index (χ4v) is 2.29. The van der Waals surface area contributed by atoms with Crippen LogP contribution in [0.1, 0.15) is 32.3 Å². The van der Waals surface area contributed by atoms with Crippen LogP contribution in [-0.2, 0) is 7.05 Å². The van der Waals surface area contributed by atoms with Gasteiger partial charge in [-0.3, -0.25) is 0 Å². The zero-order valence-corrected chi connectivity index (χ0v) is 15.3. The van der Waals surface area contributed by atoms with Crippen LogP contribution < -0.4 is 11.5 Å². The van der Waals surface area contributed by atoms with Crippen molar-refractivity contribution in [2.24, 2.45) is 18.5 Å². The van der Waals surface area contributed by atoms with Gasteiger partial charge >= 0.3 is 0 Å². The quantitative estimate of drug-likeness (QED) is 0.452. The normalized spacial score (nSPS) is 13.3. The predicted octanol–water partition coefficient (Wildman–Crippen LogP) is 3.16. The molecule has 0 spiro atoms. The molecule has 0 amide bonds. The maximum atomic E-state index is 7.71. The second-order valence-electron chi connectivity index (χ2n) is 5.90. The number of hydrogen-bond acceptors (Lipinski definition) is 5. The van der Waals surface area contributed by atoms with E-state index in [0.29, 0.717) is 34.1 Å². The molecule has 1 aromatic rings. The van der Waals surface area contributed by atoms with Crippen LogP contribution in [-0.4, -0.2) is 21.5 Å². The van der Waals surface area contributed by atoms with Crippen molar-refractivity contribution < 1.29 is 0 Å². The second kappa shape index (κ2) is 8.10. The summed E-state index contributed by atoms with van der Waals surface area (Å²) in [5, 5.41) is 15.3. The van der Waals surface area contributed by atoms with Crippen LogP contribution in [0.25, 0.3) is 11.1 Å². The minimum Gasteiger partial charge on any atom is -0.399 e. The SMILES string of the molecule is C=C(N)C(=C)/C=C(N)\C(C=N)=C(/C)c1nc(/C(C)=C/C(C)=N)cn1C. The Hall–Kier alpha value is -3.15. The summed E-state index contributed by atoms with van der Waals surface area (Å²) >= 11 is 0. The van der Waals surface area contributed by atoms with Crippen molar-refractivity contribution in [3.8, 4) is 0 Å². The molecule has 0 saturated heterocycles. The number of nitrogens with zero attached hydrogens (tertiary/aromatic N) is 2. The molecule has 0 atom stereocenters. The van der Waals surface area contributed by atoms with Crippen LogP contribution in [0, 0.1) is 10.8 Å². The molecule has 0 aliphatic rings. The van der Waals surface area contributed by atoms with Crippen molar-refractivity contribution in [2.45, 2.75) is 20.8 Å². The van der Waals surface area contributed by atoms with Crippen LogP contribution in [0.4, 0.5) is 0 Å². The molecule has 0 bridgehead atoms. The first kappa shape index (κ1) is 19.9. The van der Waals surface area contributed by atoms with Gasteiger partial charge in [-0.15, -0.1) is 0 Å². The number of imidazole rings is 1. The van der Waals surface area contributed by atoms with Gasteiger partial charge < -0.3 is 26.9 Å². The first-order chi connectivity index (χ1) is 11.6. The molecule has 1 heterocycles. The maximum Gasteiger partial charge on any atom is 0.136 e. The highest BCUT2D eigenvalue weighted by Crippen LogP contribution is 2.23. The van der Waals surface area contributed by atoms with Gasteiger partial charge in [0.05, 0.1) is 5.69 Å². The number of allylic oxidation sites excluding steroid dienone is 5. The summed E-state index contributed by atoms with van der Waals surface area (Å²) in [4.78, 5) is 4.62. The van der Waals surface area contributed by atoms with Gasteiger partial charge in [-0.25, -0.2) is 4.98 Å². The van der Waals surface area contributed by atoms with Gasteiger partial charge in [0.2, 0.25) is 0 Å². The summed E-state index contributed by atoms with van der Waals surface area (Å²) in [6.45, 7) is 12.9. The molecule has 1 rings (SSSR count). The lowest BCUT2D eigenvalue weighted by atomic mass is 10.0. The van der Waals surface area contributed by atoms with E-state index in [0.717, 1.165) is 16.8 Å². The van der Waals surface area contributed by atoms with Crippen LogP contribution in [0.3, 0.4) is 0 Å². The van der Waals surface area contributed by atoms with Crippen molar-refractivity contribution in [3.63, 3.8) is 0 Å². The monoisotopic (exact) mass is 338 g/mol. The van der Waals surface area contributed by atoms with E-state index in [1.807, 2.05) is 31.7 Å². The molecule has 0 aliphatic heterocycles. The van der Waals surface area contributed by atoms with Crippen LogP contribution >= 0.6 is 0 Å². The Morgan fingerprint density at radius 2 is 1.80 bits per heavy atom. The molecular weight excluding hydrogens is 312 g/mol. The van der Waals surface area contributed by atoms with Crippen LogP contribution in [0.2, 0.25) is 0 Å². The highest BCUT2D eigenvalue weighted by atomic mass is 15.0. The van der Waals surface area contributed by atoms with Gasteiger partial charge in [0.1, 0.15) is 5.82 Å². The van der Waals surface area contributed by atoms with Gasteiger partial charge in [0.25, 0.3) is 0 Å². The summed E-state index contributed by atoms with van der Waals surface area (Å²) in [7, 11) is 1.88. The Balaban J connectivity index is 3.42. The number of hydrogen-bond donors (Lipinski definition) is 4.